The van der Waals surface area contributed by atoms with E-state index in [1.54, 1.807) is 7.11 Å². The fourth-order valence-electron chi connectivity index (χ4n) is 2.98. The van der Waals surface area contributed by atoms with Gasteiger partial charge in [0.2, 0.25) is 0 Å². The van der Waals surface area contributed by atoms with Crippen LogP contribution in [-0.2, 0) is 10.2 Å². The van der Waals surface area contributed by atoms with E-state index in [9.17, 15) is 9.90 Å². The van der Waals surface area contributed by atoms with Crippen molar-refractivity contribution in [3.63, 3.8) is 0 Å². The highest BCUT2D eigenvalue weighted by molar-refractivity contribution is 9.10. The highest BCUT2D eigenvalue weighted by Crippen LogP contribution is 2.47. The number of hydrogen-bond donors (Lipinski definition) is 1. The molecule has 1 aliphatic rings. The number of carboxylic acid groups (broad SMARTS) is 1. The third-order valence-corrected chi connectivity index (χ3v) is 4.78. The number of benzene rings is 1. The van der Waals surface area contributed by atoms with Crippen molar-refractivity contribution < 1.29 is 14.6 Å². The average molecular weight is 313 g/mol. The van der Waals surface area contributed by atoms with Crippen LogP contribution in [0.1, 0.15) is 36.8 Å². The van der Waals surface area contributed by atoms with Crippen molar-refractivity contribution in [2.24, 2.45) is 0 Å². The molecule has 4 heteroatoms. The maximum Gasteiger partial charge on any atom is 0.314 e. The summed E-state index contributed by atoms with van der Waals surface area (Å²) in [5.41, 5.74) is 1.03. The van der Waals surface area contributed by atoms with Crippen molar-refractivity contribution in [1.82, 2.24) is 0 Å². The quantitative estimate of drug-likeness (QED) is 0.926. The van der Waals surface area contributed by atoms with Gasteiger partial charge in [-0.1, -0.05) is 28.8 Å². The Hall–Kier alpha value is -1.03. The molecule has 1 aliphatic carbocycles. The highest BCUT2D eigenvalue weighted by Gasteiger charge is 2.46. The predicted octanol–water partition coefficient (Wildman–Crippen LogP) is 3.66. The summed E-state index contributed by atoms with van der Waals surface area (Å²) in [6, 6.07) is 3.75. The van der Waals surface area contributed by atoms with Crippen molar-refractivity contribution in [2.45, 2.75) is 38.0 Å². The fraction of sp³-hybridized carbons (Fsp3) is 0.500. The Labute approximate surface area is 115 Å². The van der Waals surface area contributed by atoms with E-state index in [0.29, 0.717) is 18.6 Å². The summed E-state index contributed by atoms with van der Waals surface area (Å²) in [7, 11) is 1.59. The number of aliphatic carboxylic acids is 1. The minimum Gasteiger partial charge on any atom is -0.496 e. The minimum atomic E-state index is -0.779. The number of carboxylic acids is 1. The van der Waals surface area contributed by atoms with Gasteiger partial charge in [0, 0.05) is 10.0 Å². The lowest BCUT2D eigenvalue weighted by atomic mass is 9.76. The van der Waals surface area contributed by atoms with E-state index in [1.807, 2.05) is 19.1 Å². The van der Waals surface area contributed by atoms with Crippen LogP contribution in [0, 0.1) is 6.92 Å². The summed E-state index contributed by atoms with van der Waals surface area (Å²) in [5.74, 6) is -0.0560. The van der Waals surface area contributed by atoms with Crippen LogP contribution < -0.4 is 4.74 Å². The van der Waals surface area contributed by atoms with Gasteiger partial charge in [0.1, 0.15) is 5.75 Å². The summed E-state index contributed by atoms with van der Waals surface area (Å²) >= 11 is 3.48. The van der Waals surface area contributed by atoms with E-state index in [0.717, 1.165) is 28.4 Å². The number of hydrogen-bond acceptors (Lipinski definition) is 2. The standard InChI is InChI=1S/C14H17BrO3/c1-9-10(15)5-6-11(18-2)12(9)14(13(16)17)7-3-4-8-14/h5-6H,3-4,7-8H2,1-2H3,(H,16,17). The Bertz CT molecular complexity index is 476. The van der Waals surface area contributed by atoms with E-state index in [-0.39, 0.29) is 0 Å². The molecule has 0 unspecified atom stereocenters. The summed E-state index contributed by atoms with van der Waals surface area (Å²) in [6.07, 6.45) is 3.30. The number of rotatable bonds is 3. The Morgan fingerprint density at radius 1 is 1.39 bits per heavy atom. The van der Waals surface area contributed by atoms with Crippen LogP contribution in [0.15, 0.2) is 16.6 Å². The Morgan fingerprint density at radius 3 is 2.50 bits per heavy atom. The SMILES string of the molecule is COc1ccc(Br)c(C)c1C1(C(=O)O)CCCC1. The molecule has 0 aliphatic heterocycles. The number of carbonyl (C=O) groups is 1. The van der Waals surface area contributed by atoms with Gasteiger partial charge in [0.25, 0.3) is 0 Å². The first kappa shape index (κ1) is 13.4. The third-order valence-electron chi connectivity index (χ3n) is 3.93. The van der Waals surface area contributed by atoms with Crippen LogP contribution in [0.4, 0.5) is 0 Å². The van der Waals surface area contributed by atoms with E-state index >= 15 is 0 Å². The highest BCUT2D eigenvalue weighted by atomic mass is 79.9. The molecule has 98 valence electrons. The molecule has 1 fully saturated rings. The fourth-order valence-corrected chi connectivity index (χ4v) is 3.31. The lowest BCUT2D eigenvalue weighted by Gasteiger charge is -2.28. The molecule has 0 spiro atoms. The number of ether oxygens (including phenoxy) is 1. The van der Waals surface area contributed by atoms with Gasteiger partial charge in [-0.05, 0) is 37.5 Å². The second-order valence-corrected chi connectivity index (χ2v) is 5.70. The Kier molecular flexibility index (Phi) is 3.66. The van der Waals surface area contributed by atoms with Crippen molar-refractivity contribution in [1.29, 1.82) is 0 Å². The van der Waals surface area contributed by atoms with Gasteiger partial charge in [0.15, 0.2) is 0 Å². The maximum absolute atomic E-state index is 11.8. The van der Waals surface area contributed by atoms with Crippen LogP contribution in [0.2, 0.25) is 0 Å². The Morgan fingerprint density at radius 2 is 2.00 bits per heavy atom. The van der Waals surface area contributed by atoms with Crippen LogP contribution in [0.25, 0.3) is 0 Å². The number of halogens is 1. The molecule has 0 heterocycles. The Balaban J connectivity index is 2.67. The number of methoxy groups -OCH3 is 1. The molecule has 3 nitrogen and oxygen atoms in total. The lowest BCUT2D eigenvalue weighted by Crippen LogP contribution is -2.34. The molecule has 0 bridgehead atoms. The van der Waals surface area contributed by atoms with Crippen LogP contribution >= 0.6 is 15.9 Å². The minimum absolute atomic E-state index is 0.681. The molecule has 2 rings (SSSR count). The third kappa shape index (κ3) is 1.92. The smallest absolute Gasteiger partial charge is 0.314 e. The first-order valence-corrected chi connectivity index (χ1v) is 6.89. The van der Waals surface area contributed by atoms with Crippen LogP contribution in [0.5, 0.6) is 5.75 Å². The van der Waals surface area contributed by atoms with Gasteiger partial charge in [0.05, 0.1) is 12.5 Å². The predicted molar refractivity (Wildman–Crippen MR) is 73.2 cm³/mol. The molecule has 0 radical (unpaired) electrons. The van der Waals surface area contributed by atoms with Gasteiger partial charge in [-0.15, -0.1) is 0 Å². The van der Waals surface area contributed by atoms with Gasteiger partial charge in [-0.2, -0.15) is 0 Å². The largest absolute Gasteiger partial charge is 0.496 e. The van der Waals surface area contributed by atoms with E-state index in [4.69, 9.17) is 4.74 Å². The van der Waals surface area contributed by atoms with E-state index in [2.05, 4.69) is 15.9 Å². The van der Waals surface area contributed by atoms with E-state index < -0.39 is 11.4 Å². The zero-order valence-corrected chi connectivity index (χ0v) is 12.2. The molecule has 18 heavy (non-hydrogen) atoms. The summed E-state index contributed by atoms with van der Waals surface area (Å²) in [4.78, 5) is 11.8. The van der Waals surface area contributed by atoms with Crippen LogP contribution in [0.3, 0.4) is 0 Å². The molecule has 1 aromatic rings. The maximum atomic E-state index is 11.8. The first-order valence-electron chi connectivity index (χ1n) is 6.10. The zero-order valence-electron chi connectivity index (χ0n) is 10.6. The molecule has 0 saturated heterocycles. The van der Waals surface area contributed by atoms with Crippen molar-refractivity contribution in [3.05, 3.63) is 27.7 Å². The molecular formula is C14H17BrO3. The monoisotopic (exact) mass is 312 g/mol. The second-order valence-electron chi connectivity index (χ2n) is 4.84. The summed E-state index contributed by atoms with van der Waals surface area (Å²) in [5, 5.41) is 9.68. The topological polar surface area (TPSA) is 46.5 Å². The van der Waals surface area contributed by atoms with Gasteiger partial charge in [-0.25, -0.2) is 0 Å². The summed E-state index contributed by atoms with van der Waals surface area (Å²) < 4.78 is 6.32. The normalized spacial score (nSPS) is 17.7. The molecule has 0 aromatic heterocycles. The van der Waals surface area contributed by atoms with E-state index in [1.165, 1.54) is 0 Å². The van der Waals surface area contributed by atoms with Gasteiger partial charge < -0.3 is 9.84 Å². The second kappa shape index (κ2) is 4.92. The zero-order chi connectivity index (χ0) is 13.3. The van der Waals surface area contributed by atoms with Crippen molar-refractivity contribution >= 4 is 21.9 Å². The molecule has 1 N–H and O–H groups in total. The molecule has 1 saturated carbocycles. The van der Waals surface area contributed by atoms with Crippen molar-refractivity contribution in [2.75, 3.05) is 7.11 Å². The average Bonchev–Trinajstić information content (AvgIpc) is 2.82. The molecular weight excluding hydrogens is 296 g/mol. The van der Waals surface area contributed by atoms with Crippen molar-refractivity contribution in [3.8, 4) is 5.75 Å². The molecule has 1 aromatic carbocycles. The van der Waals surface area contributed by atoms with Crippen LogP contribution in [-0.4, -0.2) is 18.2 Å². The first-order chi connectivity index (χ1) is 8.53. The molecule has 0 amide bonds. The summed E-state index contributed by atoms with van der Waals surface area (Å²) in [6.45, 7) is 1.95. The molecule has 0 atom stereocenters. The lowest BCUT2D eigenvalue weighted by molar-refractivity contribution is -0.143. The van der Waals surface area contributed by atoms with Gasteiger partial charge in [-0.3, -0.25) is 4.79 Å². The van der Waals surface area contributed by atoms with Gasteiger partial charge >= 0.3 is 5.97 Å².